The zero-order chi connectivity index (χ0) is 12.5. The van der Waals surface area contributed by atoms with Crippen LogP contribution in [0.2, 0.25) is 0 Å². The molecule has 1 aliphatic heterocycles. The van der Waals surface area contributed by atoms with Gasteiger partial charge in [0.1, 0.15) is 5.82 Å². The zero-order valence-electron chi connectivity index (χ0n) is 11.1. The van der Waals surface area contributed by atoms with E-state index in [4.69, 9.17) is 5.10 Å². The van der Waals surface area contributed by atoms with Crippen LogP contribution in [0.1, 0.15) is 57.2 Å². The molecule has 0 amide bonds. The van der Waals surface area contributed by atoms with Gasteiger partial charge in [-0.05, 0) is 47.5 Å². The minimum Gasteiger partial charge on any atom is -0.369 e. The number of aryl methyl sites for hydroxylation is 1. The second-order valence-electron chi connectivity index (χ2n) is 5.63. The first-order valence-electron chi connectivity index (χ1n) is 7.32. The molecule has 2 heterocycles. The minimum absolute atomic E-state index is 0.630. The topological polar surface area (TPSA) is 29.9 Å². The highest BCUT2D eigenvalue weighted by atomic mass is 79.9. The maximum absolute atomic E-state index is 4.87. The summed E-state index contributed by atoms with van der Waals surface area (Å²) in [6.45, 7) is 3.31. The predicted molar refractivity (Wildman–Crippen MR) is 78.0 cm³/mol. The van der Waals surface area contributed by atoms with Crippen LogP contribution in [0.4, 0.5) is 5.82 Å². The first-order chi connectivity index (χ1) is 8.81. The molecule has 1 atom stereocenters. The van der Waals surface area contributed by atoms with Crippen molar-refractivity contribution in [1.29, 1.82) is 0 Å². The van der Waals surface area contributed by atoms with E-state index < -0.39 is 0 Å². The molecule has 0 radical (unpaired) electrons. The minimum atomic E-state index is 0.630. The maximum atomic E-state index is 4.87. The van der Waals surface area contributed by atoms with Gasteiger partial charge in [-0.2, -0.15) is 5.10 Å². The molecule has 4 heteroatoms. The molecule has 1 aromatic rings. The molecule has 0 spiro atoms. The van der Waals surface area contributed by atoms with Gasteiger partial charge in [-0.15, -0.1) is 0 Å². The number of nitrogens with one attached hydrogen (secondary N) is 1. The van der Waals surface area contributed by atoms with Crippen molar-refractivity contribution in [3.63, 3.8) is 0 Å². The maximum Gasteiger partial charge on any atom is 0.139 e. The largest absolute Gasteiger partial charge is 0.369 e. The highest BCUT2D eigenvalue weighted by Crippen LogP contribution is 2.41. The summed E-state index contributed by atoms with van der Waals surface area (Å²) in [5, 5.41) is 8.39. The second-order valence-corrected chi connectivity index (χ2v) is 6.42. The van der Waals surface area contributed by atoms with Gasteiger partial charge < -0.3 is 5.32 Å². The SMILES string of the molecule is CCCc1nn2c(c1Br)NCCC2C1CCCC1. The molecule has 18 heavy (non-hydrogen) atoms. The lowest BCUT2D eigenvalue weighted by Crippen LogP contribution is -2.28. The molecule has 2 aliphatic rings. The van der Waals surface area contributed by atoms with Crippen LogP contribution < -0.4 is 5.32 Å². The van der Waals surface area contributed by atoms with E-state index in [9.17, 15) is 0 Å². The van der Waals surface area contributed by atoms with Gasteiger partial charge >= 0.3 is 0 Å². The normalized spacial score (nSPS) is 24.0. The van der Waals surface area contributed by atoms with Crippen LogP contribution in [0.3, 0.4) is 0 Å². The van der Waals surface area contributed by atoms with Crippen molar-refractivity contribution in [3.8, 4) is 0 Å². The summed E-state index contributed by atoms with van der Waals surface area (Å²) in [7, 11) is 0. The number of hydrogen-bond acceptors (Lipinski definition) is 2. The van der Waals surface area contributed by atoms with Crippen molar-refractivity contribution in [2.45, 2.75) is 57.9 Å². The highest BCUT2D eigenvalue weighted by Gasteiger charge is 2.32. The molecule has 0 bridgehead atoms. The van der Waals surface area contributed by atoms with Crippen LogP contribution in [-0.2, 0) is 6.42 Å². The van der Waals surface area contributed by atoms with E-state index in [0.29, 0.717) is 6.04 Å². The Morgan fingerprint density at radius 3 is 2.83 bits per heavy atom. The fourth-order valence-corrected chi connectivity index (χ4v) is 4.09. The average Bonchev–Trinajstić information content (AvgIpc) is 3.00. The van der Waals surface area contributed by atoms with Crippen molar-refractivity contribution in [2.75, 3.05) is 11.9 Å². The first-order valence-corrected chi connectivity index (χ1v) is 8.11. The monoisotopic (exact) mass is 311 g/mol. The molecule has 0 saturated heterocycles. The Hall–Kier alpha value is -0.510. The lowest BCUT2D eigenvalue weighted by atomic mass is 9.94. The third-order valence-electron chi connectivity index (χ3n) is 4.40. The van der Waals surface area contributed by atoms with Crippen LogP contribution in [0.25, 0.3) is 0 Å². The molecule has 1 N–H and O–H groups in total. The zero-order valence-corrected chi connectivity index (χ0v) is 12.7. The molecule has 1 aliphatic carbocycles. The van der Waals surface area contributed by atoms with E-state index in [0.717, 1.165) is 25.3 Å². The summed E-state index contributed by atoms with van der Waals surface area (Å²) in [5.74, 6) is 2.08. The van der Waals surface area contributed by atoms with Gasteiger partial charge in [0.05, 0.1) is 16.2 Å². The fourth-order valence-electron chi connectivity index (χ4n) is 3.49. The number of aromatic nitrogens is 2. The third kappa shape index (κ3) is 2.09. The molecule has 1 fully saturated rings. The quantitative estimate of drug-likeness (QED) is 0.909. The molecule has 100 valence electrons. The lowest BCUT2D eigenvalue weighted by Gasteiger charge is -2.30. The standard InChI is InChI=1S/C14H22BrN3/c1-2-5-11-13(15)14-16-9-8-12(18(14)17-11)10-6-3-4-7-10/h10,12,16H,2-9H2,1H3. The van der Waals surface area contributed by atoms with Crippen LogP contribution in [0.5, 0.6) is 0 Å². The first kappa shape index (κ1) is 12.5. The average molecular weight is 312 g/mol. The van der Waals surface area contributed by atoms with E-state index in [1.807, 2.05) is 0 Å². The molecule has 1 unspecified atom stereocenters. The molecule has 3 rings (SSSR count). The highest BCUT2D eigenvalue weighted by molar-refractivity contribution is 9.10. The number of fused-ring (bicyclic) bond motifs is 1. The smallest absolute Gasteiger partial charge is 0.139 e. The van der Waals surface area contributed by atoms with Crippen molar-refractivity contribution in [3.05, 3.63) is 10.2 Å². The molecule has 3 nitrogen and oxygen atoms in total. The lowest BCUT2D eigenvalue weighted by molar-refractivity contribution is 0.289. The van der Waals surface area contributed by atoms with E-state index in [1.165, 1.54) is 48.1 Å². The third-order valence-corrected chi connectivity index (χ3v) is 5.23. The van der Waals surface area contributed by atoms with Crippen LogP contribution in [0.15, 0.2) is 4.47 Å². The van der Waals surface area contributed by atoms with E-state index >= 15 is 0 Å². The number of anilines is 1. The Morgan fingerprint density at radius 2 is 2.11 bits per heavy atom. The Kier molecular flexibility index (Phi) is 3.64. The molecular formula is C14H22BrN3. The summed E-state index contributed by atoms with van der Waals surface area (Å²) in [4.78, 5) is 0. The predicted octanol–water partition coefficient (Wildman–Crippen LogP) is 4.15. The van der Waals surface area contributed by atoms with Crippen molar-refractivity contribution in [1.82, 2.24) is 9.78 Å². The van der Waals surface area contributed by atoms with Crippen molar-refractivity contribution in [2.24, 2.45) is 5.92 Å². The summed E-state index contributed by atoms with van der Waals surface area (Å²) < 4.78 is 3.49. The second kappa shape index (κ2) is 5.24. The van der Waals surface area contributed by atoms with E-state index in [1.54, 1.807) is 0 Å². The molecule has 1 saturated carbocycles. The van der Waals surface area contributed by atoms with Crippen LogP contribution in [-0.4, -0.2) is 16.3 Å². The van der Waals surface area contributed by atoms with Gasteiger partial charge in [0.15, 0.2) is 0 Å². The fraction of sp³-hybridized carbons (Fsp3) is 0.786. The summed E-state index contributed by atoms with van der Waals surface area (Å²) >= 11 is 3.73. The van der Waals surface area contributed by atoms with Crippen LogP contribution in [0, 0.1) is 5.92 Å². The van der Waals surface area contributed by atoms with Gasteiger partial charge in [-0.3, -0.25) is 0 Å². The van der Waals surface area contributed by atoms with Gasteiger partial charge in [0.2, 0.25) is 0 Å². The Bertz CT molecular complexity index is 421. The Labute approximate surface area is 117 Å². The summed E-state index contributed by atoms with van der Waals surface area (Å²) in [5.41, 5.74) is 1.23. The van der Waals surface area contributed by atoms with E-state index in [2.05, 4.69) is 32.9 Å². The number of rotatable bonds is 3. The Morgan fingerprint density at radius 1 is 1.33 bits per heavy atom. The van der Waals surface area contributed by atoms with Crippen molar-refractivity contribution >= 4 is 21.7 Å². The van der Waals surface area contributed by atoms with Gasteiger partial charge in [-0.25, -0.2) is 4.68 Å². The summed E-state index contributed by atoms with van der Waals surface area (Å²) in [6.07, 6.45) is 9.07. The van der Waals surface area contributed by atoms with Crippen molar-refractivity contribution < 1.29 is 0 Å². The molecule has 0 aromatic carbocycles. The number of halogens is 1. The van der Waals surface area contributed by atoms with Gasteiger partial charge in [0.25, 0.3) is 0 Å². The van der Waals surface area contributed by atoms with Crippen LogP contribution >= 0.6 is 15.9 Å². The molecular weight excluding hydrogens is 290 g/mol. The Balaban J connectivity index is 1.92. The number of hydrogen-bond donors (Lipinski definition) is 1. The van der Waals surface area contributed by atoms with Gasteiger partial charge in [0, 0.05) is 6.54 Å². The van der Waals surface area contributed by atoms with E-state index in [-0.39, 0.29) is 0 Å². The molecule has 1 aromatic heterocycles. The summed E-state index contributed by atoms with van der Waals surface area (Å²) in [6, 6.07) is 0.630. The number of nitrogens with zero attached hydrogens (tertiary/aromatic N) is 2. The van der Waals surface area contributed by atoms with Gasteiger partial charge in [-0.1, -0.05) is 26.2 Å².